The lowest BCUT2D eigenvalue weighted by Crippen LogP contribution is -2.45. The van der Waals surface area contributed by atoms with Crippen LogP contribution >= 0.6 is 0 Å². The summed E-state index contributed by atoms with van der Waals surface area (Å²) in [4.78, 5) is 36.0. The highest BCUT2D eigenvalue weighted by Crippen LogP contribution is 2.44. The van der Waals surface area contributed by atoms with Gasteiger partial charge in [-0.15, -0.1) is 0 Å². The van der Waals surface area contributed by atoms with Crippen molar-refractivity contribution in [3.63, 3.8) is 0 Å². The Bertz CT molecular complexity index is 950. The number of nitrogens with one attached hydrogen (secondary N) is 1. The molecule has 7 nitrogen and oxygen atoms in total. The number of fused-ring (bicyclic) bond motifs is 3. The van der Waals surface area contributed by atoms with Crippen molar-refractivity contribution in [2.24, 2.45) is 5.73 Å². The monoisotopic (exact) mass is 438 g/mol. The number of alkyl carbamates (subject to hydrolysis) is 1. The molecular weight excluding hydrogens is 408 g/mol. The summed E-state index contributed by atoms with van der Waals surface area (Å²) in [6.45, 7) is 5.50. The Labute approximate surface area is 188 Å². The van der Waals surface area contributed by atoms with Crippen molar-refractivity contribution >= 4 is 18.0 Å². The number of carbonyl (C=O) groups excluding carboxylic acids is 3. The molecule has 1 unspecified atom stereocenters. The molecule has 2 aromatic rings. The zero-order chi connectivity index (χ0) is 23.3. The van der Waals surface area contributed by atoms with Crippen LogP contribution in [-0.2, 0) is 19.1 Å². The van der Waals surface area contributed by atoms with Crippen LogP contribution in [0.5, 0.6) is 0 Å². The van der Waals surface area contributed by atoms with Gasteiger partial charge in [0.1, 0.15) is 18.2 Å². The van der Waals surface area contributed by atoms with Gasteiger partial charge in [-0.05, 0) is 55.9 Å². The van der Waals surface area contributed by atoms with Crippen LogP contribution in [0.1, 0.15) is 57.1 Å². The maximum absolute atomic E-state index is 12.4. The molecule has 0 aliphatic heterocycles. The summed E-state index contributed by atoms with van der Waals surface area (Å²) in [5.41, 5.74) is 9.32. The molecule has 1 aliphatic carbocycles. The van der Waals surface area contributed by atoms with E-state index in [-0.39, 0.29) is 31.3 Å². The van der Waals surface area contributed by atoms with E-state index in [1.165, 1.54) is 0 Å². The zero-order valence-electron chi connectivity index (χ0n) is 18.7. The van der Waals surface area contributed by atoms with E-state index in [1.54, 1.807) is 20.8 Å². The van der Waals surface area contributed by atoms with Crippen molar-refractivity contribution in [3.05, 3.63) is 59.7 Å². The fourth-order valence-corrected chi connectivity index (χ4v) is 3.91. The summed E-state index contributed by atoms with van der Waals surface area (Å²) in [5.74, 6) is -1.11. The number of amides is 2. The molecule has 3 rings (SSSR count). The van der Waals surface area contributed by atoms with Gasteiger partial charge in [0.25, 0.3) is 0 Å². The van der Waals surface area contributed by atoms with Gasteiger partial charge in [0, 0.05) is 12.3 Å². The van der Waals surface area contributed by atoms with Gasteiger partial charge in [0.05, 0.1) is 0 Å². The molecule has 2 amide bonds. The Morgan fingerprint density at radius 3 is 2.09 bits per heavy atom. The second-order valence-corrected chi connectivity index (χ2v) is 8.90. The van der Waals surface area contributed by atoms with Gasteiger partial charge in [0.15, 0.2) is 0 Å². The van der Waals surface area contributed by atoms with E-state index in [1.807, 2.05) is 36.4 Å². The Kier molecular flexibility index (Phi) is 7.18. The van der Waals surface area contributed by atoms with E-state index < -0.39 is 23.6 Å². The Morgan fingerprint density at radius 2 is 1.56 bits per heavy atom. The van der Waals surface area contributed by atoms with E-state index in [0.717, 1.165) is 22.3 Å². The van der Waals surface area contributed by atoms with Crippen molar-refractivity contribution in [1.82, 2.24) is 5.32 Å². The number of nitrogens with two attached hydrogens (primary N) is 1. The standard InChI is InChI=1S/C25H30N2O5/c1-25(2,3)32-22(28)14-8-13-21(23(26)29)27-24(30)31-15-20-18-11-6-4-9-16(18)17-10-5-7-12-19(17)20/h4-7,9-12,20-21H,8,13-15H2,1-3H3,(H2,26,29)(H,27,30). The lowest BCUT2D eigenvalue weighted by Gasteiger charge is -2.20. The minimum Gasteiger partial charge on any atom is -0.460 e. The van der Waals surface area contributed by atoms with Crippen molar-refractivity contribution in [3.8, 4) is 11.1 Å². The van der Waals surface area contributed by atoms with Gasteiger partial charge >= 0.3 is 12.1 Å². The van der Waals surface area contributed by atoms with Crippen molar-refractivity contribution in [2.75, 3.05) is 6.61 Å². The van der Waals surface area contributed by atoms with Crippen LogP contribution < -0.4 is 11.1 Å². The Hall–Kier alpha value is -3.35. The quantitative estimate of drug-likeness (QED) is 0.608. The third-order valence-corrected chi connectivity index (χ3v) is 5.27. The number of ether oxygens (including phenoxy) is 2. The predicted molar refractivity (Wildman–Crippen MR) is 121 cm³/mol. The summed E-state index contributed by atoms with van der Waals surface area (Å²) in [6, 6.07) is 15.2. The second-order valence-electron chi connectivity index (χ2n) is 8.90. The van der Waals surface area contributed by atoms with Crippen LogP contribution in [-0.4, -0.2) is 36.2 Å². The highest BCUT2D eigenvalue weighted by molar-refractivity contribution is 5.84. The number of primary amides is 1. The van der Waals surface area contributed by atoms with Crippen molar-refractivity contribution in [1.29, 1.82) is 0 Å². The fraction of sp³-hybridized carbons (Fsp3) is 0.400. The first-order valence-electron chi connectivity index (χ1n) is 10.8. The van der Waals surface area contributed by atoms with Gasteiger partial charge < -0.3 is 20.5 Å². The molecule has 2 aromatic carbocycles. The number of esters is 1. The molecule has 1 atom stereocenters. The molecule has 0 saturated carbocycles. The highest BCUT2D eigenvalue weighted by atomic mass is 16.6. The molecule has 1 aliphatic rings. The summed E-state index contributed by atoms with van der Waals surface area (Å²) < 4.78 is 10.7. The summed E-state index contributed by atoms with van der Waals surface area (Å²) in [6.07, 6.45) is -0.00817. The molecule has 32 heavy (non-hydrogen) atoms. The van der Waals surface area contributed by atoms with Crippen LogP contribution in [0.15, 0.2) is 48.5 Å². The summed E-state index contributed by atoms with van der Waals surface area (Å²) in [7, 11) is 0. The van der Waals surface area contributed by atoms with E-state index in [9.17, 15) is 14.4 Å². The van der Waals surface area contributed by atoms with Crippen LogP contribution in [0.3, 0.4) is 0 Å². The Morgan fingerprint density at radius 1 is 1.00 bits per heavy atom. The molecule has 0 fully saturated rings. The lowest BCUT2D eigenvalue weighted by atomic mass is 9.98. The average molecular weight is 439 g/mol. The van der Waals surface area contributed by atoms with Gasteiger partial charge in [0.2, 0.25) is 5.91 Å². The molecule has 0 spiro atoms. The van der Waals surface area contributed by atoms with Crippen LogP contribution in [0.25, 0.3) is 11.1 Å². The summed E-state index contributed by atoms with van der Waals surface area (Å²) in [5, 5.41) is 2.52. The topological polar surface area (TPSA) is 108 Å². The molecular formula is C25H30N2O5. The number of carbonyl (C=O) groups is 3. The van der Waals surface area contributed by atoms with Crippen molar-refractivity contribution in [2.45, 2.75) is 57.6 Å². The molecule has 3 N–H and O–H groups in total. The number of hydrogen-bond donors (Lipinski definition) is 2. The first-order valence-corrected chi connectivity index (χ1v) is 10.8. The van der Waals surface area contributed by atoms with E-state index in [0.29, 0.717) is 6.42 Å². The van der Waals surface area contributed by atoms with Crippen LogP contribution in [0, 0.1) is 0 Å². The number of benzene rings is 2. The minimum absolute atomic E-state index is 0.0765. The molecule has 7 heteroatoms. The third-order valence-electron chi connectivity index (χ3n) is 5.27. The minimum atomic E-state index is -0.923. The fourth-order valence-electron chi connectivity index (χ4n) is 3.91. The van der Waals surface area contributed by atoms with E-state index >= 15 is 0 Å². The molecule has 0 saturated heterocycles. The SMILES string of the molecule is CC(C)(C)OC(=O)CCCC(NC(=O)OCC1c2ccccc2-c2ccccc21)C(N)=O. The van der Waals surface area contributed by atoms with E-state index in [4.69, 9.17) is 15.2 Å². The van der Waals surface area contributed by atoms with Gasteiger partial charge in [-0.25, -0.2) is 4.79 Å². The number of rotatable bonds is 8. The smallest absolute Gasteiger partial charge is 0.407 e. The van der Waals surface area contributed by atoms with Crippen LogP contribution in [0.2, 0.25) is 0 Å². The first-order chi connectivity index (χ1) is 15.2. The van der Waals surface area contributed by atoms with Crippen molar-refractivity contribution < 1.29 is 23.9 Å². The average Bonchev–Trinajstić information content (AvgIpc) is 3.04. The van der Waals surface area contributed by atoms with Gasteiger partial charge in [-0.1, -0.05) is 48.5 Å². The maximum atomic E-state index is 12.4. The normalized spacial score (nSPS) is 13.6. The van der Waals surface area contributed by atoms with Gasteiger partial charge in [-0.3, -0.25) is 9.59 Å². The zero-order valence-corrected chi connectivity index (χ0v) is 18.7. The largest absolute Gasteiger partial charge is 0.460 e. The van der Waals surface area contributed by atoms with E-state index in [2.05, 4.69) is 17.4 Å². The molecule has 170 valence electrons. The molecule has 0 radical (unpaired) electrons. The third kappa shape index (κ3) is 5.87. The second kappa shape index (κ2) is 9.85. The number of hydrogen-bond acceptors (Lipinski definition) is 5. The molecule has 0 heterocycles. The molecule has 0 aromatic heterocycles. The highest BCUT2D eigenvalue weighted by Gasteiger charge is 2.29. The Balaban J connectivity index is 1.54. The van der Waals surface area contributed by atoms with Gasteiger partial charge in [-0.2, -0.15) is 0 Å². The molecule has 0 bridgehead atoms. The summed E-state index contributed by atoms with van der Waals surface area (Å²) >= 11 is 0. The lowest BCUT2D eigenvalue weighted by molar-refractivity contribution is -0.155. The first kappa shape index (κ1) is 23.3. The van der Waals surface area contributed by atoms with Crippen LogP contribution in [0.4, 0.5) is 4.79 Å². The maximum Gasteiger partial charge on any atom is 0.407 e. The predicted octanol–water partition coefficient (Wildman–Crippen LogP) is 3.89.